The smallest absolute Gasteiger partial charge is 0.316 e. The van der Waals surface area contributed by atoms with E-state index in [2.05, 4.69) is 0 Å². The van der Waals surface area contributed by atoms with E-state index in [0.29, 0.717) is 11.5 Å². The Morgan fingerprint density at radius 2 is 1.61 bits per heavy atom. The Kier molecular flexibility index (Phi) is 3.99. The van der Waals surface area contributed by atoms with Crippen molar-refractivity contribution in [2.45, 2.75) is 17.8 Å². The van der Waals surface area contributed by atoms with E-state index >= 15 is 0 Å². The van der Waals surface area contributed by atoms with Crippen LogP contribution in [0.2, 0.25) is 0 Å². The van der Waals surface area contributed by atoms with Crippen LogP contribution in [-0.2, 0) is 14.9 Å². The van der Waals surface area contributed by atoms with E-state index in [0.717, 1.165) is 17.5 Å². The van der Waals surface area contributed by atoms with Crippen molar-refractivity contribution in [3.63, 3.8) is 0 Å². The average Bonchev–Trinajstić information content (AvgIpc) is 3.38. The number of benzene rings is 2. The van der Waals surface area contributed by atoms with Crippen LogP contribution < -0.4 is 9.47 Å². The van der Waals surface area contributed by atoms with Crippen molar-refractivity contribution in [3.8, 4) is 11.5 Å². The van der Waals surface area contributed by atoms with E-state index in [1.807, 2.05) is 42.5 Å². The molecule has 0 spiro atoms. The summed E-state index contributed by atoms with van der Waals surface area (Å²) in [7, 11) is 4.64. The molecular weight excluding hydrogens is 292 g/mol. The van der Waals surface area contributed by atoms with Gasteiger partial charge < -0.3 is 14.2 Å². The number of esters is 1. The van der Waals surface area contributed by atoms with Crippen molar-refractivity contribution < 1.29 is 19.0 Å². The summed E-state index contributed by atoms with van der Waals surface area (Å²) in [5.41, 5.74) is 1.34. The Hall–Kier alpha value is -2.49. The first-order valence-electron chi connectivity index (χ1n) is 7.52. The maximum absolute atomic E-state index is 12.6. The van der Waals surface area contributed by atoms with Gasteiger partial charge in [-0.15, -0.1) is 0 Å². The highest BCUT2D eigenvalue weighted by atomic mass is 16.5. The van der Waals surface area contributed by atoms with Crippen LogP contribution in [0.4, 0.5) is 0 Å². The number of hydrogen-bond donors (Lipinski definition) is 0. The molecule has 1 aliphatic carbocycles. The quantitative estimate of drug-likeness (QED) is 0.795. The van der Waals surface area contributed by atoms with Crippen LogP contribution in [0.3, 0.4) is 0 Å². The number of methoxy groups -OCH3 is 3. The molecule has 0 unspecified atom stereocenters. The van der Waals surface area contributed by atoms with Gasteiger partial charge in [0.1, 0.15) is 16.9 Å². The van der Waals surface area contributed by atoms with E-state index in [4.69, 9.17) is 14.2 Å². The molecule has 4 heteroatoms. The molecule has 1 fully saturated rings. The van der Waals surface area contributed by atoms with Crippen molar-refractivity contribution in [2.75, 3.05) is 21.3 Å². The lowest BCUT2D eigenvalue weighted by Crippen LogP contribution is -2.24. The lowest BCUT2D eigenvalue weighted by atomic mass is 9.90. The second-order valence-electron chi connectivity index (χ2n) is 5.73. The predicted molar refractivity (Wildman–Crippen MR) is 87.0 cm³/mol. The van der Waals surface area contributed by atoms with E-state index in [9.17, 15) is 4.79 Å². The van der Waals surface area contributed by atoms with Crippen LogP contribution in [0.15, 0.2) is 48.5 Å². The summed E-state index contributed by atoms with van der Waals surface area (Å²) in [5, 5.41) is 0. The zero-order valence-corrected chi connectivity index (χ0v) is 13.5. The Balaban J connectivity index is 2.07. The molecule has 1 aliphatic rings. The summed E-state index contributed by atoms with van der Waals surface area (Å²) >= 11 is 0. The first-order chi connectivity index (χ1) is 11.2. The van der Waals surface area contributed by atoms with Crippen LogP contribution in [0.25, 0.3) is 0 Å². The fourth-order valence-corrected chi connectivity index (χ4v) is 3.26. The zero-order valence-electron chi connectivity index (χ0n) is 13.5. The summed E-state index contributed by atoms with van der Waals surface area (Å²) in [6.45, 7) is 0. The predicted octanol–water partition coefficient (Wildman–Crippen LogP) is 3.30. The highest BCUT2D eigenvalue weighted by Crippen LogP contribution is 2.61. The topological polar surface area (TPSA) is 44.8 Å². The lowest BCUT2D eigenvalue weighted by molar-refractivity contribution is -0.143. The van der Waals surface area contributed by atoms with Crippen LogP contribution >= 0.6 is 0 Å². The summed E-state index contributed by atoms with van der Waals surface area (Å²) < 4.78 is 15.8. The maximum Gasteiger partial charge on any atom is 0.316 e. The Labute approximate surface area is 136 Å². The Morgan fingerprint density at radius 3 is 2.13 bits per heavy atom. The third kappa shape index (κ3) is 2.54. The van der Waals surface area contributed by atoms with Crippen LogP contribution in [-0.4, -0.2) is 27.3 Å². The number of carbonyl (C=O) groups excluding carboxylic acids is 1. The van der Waals surface area contributed by atoms with Gasteiger partial charge >= 0.3 is 5.97 Å². The second kappa shape index (κ2) is 5.95. The van der Waals surface area contributed by atoms with Crippen LogP contribution in [0.5, 0.6) is 11.5 Å². The largest absolute Gasteiger partial charge is 0.497 e. The molecule has 2 aromatic carbocycles. The van der Waals surface area contributed by atoms with E-state index < -0.39 is 5.41 Å². The van der Waals surface area contributed by atoms with Gasteiger partial charge in [-0.2, -0.15) is 0 Å². The van der Waals surface area contributed by atoms with Gasteiger partial charge in [-0.25, -0.2) is 0 Å². The first-order valence-corrected chi connectivity index (χ1v) is 7.52. The van der Waals surface area contributed by atoms with E-state index in [1.165, 1.54) is 7.11 Å². The molecule has 0 heterocycles. The molecule has 0 radical (unpaired) electrons. The van der Waals surface area contributed by atoms with Gasteiger partial charge in [0.2, 0.25) is 0 Å². The molecule has 3 rings (SSSR count). The first kappa shape index (κ1) is 15.4. The maximum atomic E-state index is 12.6. The minimum atomic E-state index is -0.669. The molecule has 0 amide bonds. The molecule has 2 atom stereocenters. The van der Waals surface area contributed by atoms with E-state index in [-0.39, 0.29) is 11.9 Å². The van der Waals surface area contributed by atoms with Crippen molar-refractivity contribution in [2.24, 2.45) is 0 Å². The standard InChI is InChI=1S/C19H20O4/c1-21-15-9-14(10-16(11-15)22-2)19(18(20)23-3)12-17(19)13-7-5-4-6-8-13/h4-11,17H,12H2,1-3H3/t17-,19-/m1/s1. The third-order valence-corrected chi connectivity index (χ3v) is 4.58. The van der Waals surface area contributed by atoms with Gasteiger partial charge in [0.05, 0.1) is 21.3 Å². The average molecular weight is 312 g/mol. The minimum absolute atomic E-state index is 0.105. The van der Waals surface area contributed by atoms with E-state index in [1.54, 1.807) is 20.3 Å². The van der Waals surface area contributed by atoms with Crippen molar-refractivity contribution in [1.29, 1.82) is 0 Å². The number of hydrogen-bond acceptors (Lipinski definition) is 4. The fraction of sp³-hybridized carbons (Fsp3) is 0.316. The molecule has 0 aliphatic heterocycles. The van der Waals surface area contributed by atoms with Gasteiger partial charge in [-0.3, -0.25) is 4.79 Å². The molecule has 0 N–H and O–H groups in total. The molecule has 0 saturated heterocycles. The molecule has 2 aromatic rings. The summed E-state index contributed by atoms with van der Waals surface area (Å²) in [6, 6.07) is 15.6. The third-order valence-electron chi connectivity index (χ3n) is 4.58. The summed E-state index contributed by atoms with van der Waals surface area (Å²) in [5.74, 6) is 1.22. The number of rotatable bonds is 5. The number of ether oxygens (including phenoxy) is 3. The zero-order chi connectivity index (χ0) is 16.4. The molecular formula is C19H20O4. The van der Waals surface area contributed by atoms with Crippen molar-refractivity contribution >= 4 is 5.97 Å². The lowest BCUT2D eigenvalue weighted by Gasteiger charge is -2.18. The molecule has 4 nitrogen and oxygen atoms in total. The minimum Gasteiger partial charge on any atom is -0.497 e. The molecule has 23 heavy (non-hydrogen) atoms. The van der Waals surface area contributed by atoms with Gasteiger partial charge in [-0.05, 0) is 29.7 Å². The molecule has 0 aromatic heterocycles. The molecule has 1 saturated carbocycles. The van der Waals surface area contributed by atoms with Gasteiger partial charge in [0, 0.05) is 12.0 Å². The number of carbonyl (C=O) groups is 1. The normalized spacial score (nSPS) is 22.3. The van der Waals surface area contributed by atoms with Gasteiger partial charge in [0.25, 0.3) is 0 Å². The Morgan fingerprint density at radius 1 is 1.00 bits per heavy atom. The summed E-state index contributed by atoms with van der Waals surface area (Å²) in [4.78, 5) is 12.6. The highest BCUT2D eigenvalue weighted by molar-refractivity contribution is 5.89. The summed E-state index contributed by atoms with van der Waals surface area (Å²) in [6.07, 6.45) is 0.722. The highest BCUT2D eigenvalue weighted by Gasteiger charge is 2.63. The van der Waals surface area contributed by atoms with Crippen LogP contribution in [0, 0.1) is 0 Å². The van der Waals surface area contributed by atoms with Crippen LogP contribution in [0.1, 0.15) is 23.5 Å². The molecule has 120 valence electrons. The van der Waals surface area contributed by atoms with Crippen molar-refractivity contribution in [3.05, 3.63) is 59.7 Å². The van der Waals surface area contributed by atoms with Gasteiger partial charge in [-0.1, -0.05) is 30.3 Å². The monoisotopic (exact) mass is 312 g/mol. The second-order valence-corrected chi connectivity index (χ2v) is 5.73. The van der Waals surface area contributed by atoms with Crippen molar-refractivity contribution in [1.82, 2.24) is 0 Å². The Bertz CT molecular complexity index is 688. The SMILES string of the molecule is COC(=O)[C@@]1(c2cc(OC)cc(OC)c2)C[C@@H]1c1ccccc1. The molecule has 0 bridgehead atoms. The van der Waals surface area contributed by atoms with Gasteiger partial charge in [0.15, 0.2) is 0 Å². The fourth-order valence-electron chi connectivity index (χ4n) is 3.26.